The number of thiazole rings is 1. The number of nitrogens with zero attached hydrogens (tertiary/aromatic N) is 2. The number of rotatable bonds is 2. The van der Waals surface area contributed by atoms with Crippen LogP contribution in [0.1, 0.15) is 0 Å². The second kappa shape index (κ2) is 4.14. The normalized spacial score (nSPS) is 18.1. The Kier molecular flexibility index (Phi) is 2.83. The van der Waals surface area contributed by atoms with Gasteiger partial charge >= 0.3 is 0 Å². The van der Waals surface area contributed by atoms with E-state index in [9.17, 15) is 13.5 Å². The van der Waals surface area contributed by atoms with Crippen molar-refractivity contribution < 1.29 is 13.5 Å². The van der Waals surface area contributed by atoms with Crippen molar-refractivity contribution in [2.45, 2.75) is 11.0 Å². The maximum absolute atomic E-state index is 12.2. The second-order valence-corrected chi connectivity index (χ2v) is 7.62. The molecule has 8 heteroatoms. The van der Waals surface area contributed by atoms with Crippen LogP contribution in [0.5, 0.6) is 0 Å². The van der Waals surface area contributed by atoms with Gasteiger partial charge in [-0.25, -0.2) is 13.4 Å². The molecule has 1 aliphatic rings. The van der Waals surface area contributed by atoms with Gasteiger partial charge in [-0.3, -0.25) is 0 Å². The van der Waals surface area contributed by atoms with Crippen LogP contribution in [0, 0.1) is 0 Å². The highest BCUT2D eigenvalue weighted by atomic mass is 35.5. The number of hydrogen-bond acceptors (Lipinski definition) is 5. The molecule has 1 fully saturated rings. The summed E-state index contributed by atoms with van der Waals surface area (Å²) in [5.41, 5.74) is 0.688. The molecule has 2 aromatic rings. The number of benzene rings is 1. The van der Waals surface area contributed by atoms with Crippen LogP contribution < -0.4 is 0 Å². The van der Waals surface area contributed by atoms with Crippen molar-refractivity contribution in [3.05, 3.63) is 22.7 Å². The molecular formula is C10H9ClN2O3S2. The fourth-order valence-electron chi connectivity index (χ4n) is 1.80. The molecule has 0 aliphatic carbocycles. The fourth-order valence-corrected chi connectivity index (χ4v) is 4.49. The molecule has 0 radical (unpaired) electrons. The Morgan fingerprint density at radius 2 is 2.17 bits per heavy atom. The number of fused-ring (bicyclic) bond motifs is 1. The highest BCUT2D eigenvalue weighted by Crippen LogP contribution is 2.29. The predicted molar refractivity (Wildman–Crippen MR) is 69.4 cm³/mol. The number of sulfonamides is 1. The van der Waals surface area contributed by atoms with E-state index in [1.807, 2.05) is 0 Å². The molecule has 0 spiro atoms. The van der Waals surface area contributed by atoms with Crippen LogP contribution in [0.25, 0.3) is 10.2 Å². The van der Waals surface area contributed by atoms with Gasteiger partial charge in [0.05, 0.1) is 21.2 Å². The van der Waals surface area contributed by atoms with Crippen molar-refractivity contribution in [3.8, 4) is 0 Å². The summed E-state index contributed by atoms with van der Waals surface area (Å²) >= 11 is 7.03. The van der Waals surface area contributed by atoms with Crippen LogP contribution in [0.3, 0.4) is 0 Å². The van der Waals surface area contributed by atoms with Gasteiger partial charge in [-0.05, 0) is 18.2 Å². The van der Waals surface area contributed by atoms with Crippen LogP contribution in [0.15, 0.2) is 23.1 Å². The summed E-state index contributed by atoms with van der Waals surface area (Å²) in [5, 5.41) is 9.17. The Bertz CT molecular complexity index is 707. The lowest BCUT2D eigenvalue weighted by molar-refractivity contribution is 0.0548. The summed E-state index contributed by atoms with van der Waals surface area (Å²) < 4.78 is 26.7. The van der Waals surface area contributed by atoms with Gasteiger partial charge in [0, 0.05) is 13.1 Å². The first kappa shape index (κ1) is 12.3. The fraction of sp³-hybridized carbons (Fsp3) is 0.300. The zero-order valence-electron chi connectivity index (χ0n) is 9.08. The van der Waals surface area contributed by atoms with Gasteiger partial charge in [0.15, 0.2) is 4.47 Å². The minimum Gasteiger partial charge on any atom is -0.390 e. The van der Waals surface area contributed by atoms with Gasteiger partial charge in [0.25, 0.3) is 0 Å². The van der Waals surface area contributed by atoms with E-state index in [2.05, 4.69) is 4.98 Å². The third kappa shape index (κ3) is 1.92. The lowest BCUT2D eigenvalue weighted by Crippen LogP contribution is -2.53. The van der Waals surface area contributed by atoms with E-state index in [-0.39, 0.29) is 18.0 Å². The predicted octanol–water partition coefficient (Wildman–Crippen LogP) is 1.31. The van der Waals surface area contributed by atoms with Crippen LogP contribution in [0.2, 0.25) is 4.47 Å². The molecule has 96 valence electrons. The number of aliphatic hydroxyl groups is 1. The van der Waals surface area contributed by atoms with Crippen molar-refractivity contribution in [1.82, 2.24) is 9.29 Å². The quantitative estimate of drug-likeness (QED) is 0.908. The summed E-state index contributed by atoms with van der Waals surface area (Å²) in [4.78, 5) is 4.27. The Hall–Kier alpha value is -0.730. The molecule has 0 saturated carbocycles. The van der Waals surface area contributed by atoms with Gasteiger partial charge < -0.3 is 5.11 Å². The Morgan fingerprint density at radius 1 is 1.44 bits per heavy atom. The Balaban J connectivity index is 2.03. The Labute approximate surface area is 113 Å². The first-order valence-electron chi connectivity index (χ1n) is 5.21. The minimum absolute atomic E-state index is 0.157. The average molecular weight is 305 g/mol. The van der Waals surface area contributed by atoms with Gasteiger partial charge in [-0.1, -0.05) is 11.6 Å². The number of halogens is 1. The average Bonchev–Trinajstić information content (AvgIpc) is 2.63. The summed E-state index contributed by atoms with van der Waals surface area (Å²) in [6, 6.07) is 4.72. The highest BCUT2D eigenvalue weighted by Gasteiger charge is 2.35. The van der Waals surface area contributed by atoms with E-state index in [4.69, 9.17) is 11.6 Å². The zero-order valence-corrected chi connectivity index (χ0v) is 11.5. The molecule has 2 heterocycles. The smallest absolute Gasteiger partial charge is 0.243 e. The van der Waals surface area contributed by atoms with Gasteiger partial charge in [-0.2, -0.15) is 4.31 Å². The Morgan fingerprint density at radius 3 is 2.83 bits per heavy atom. The molecule has 1 aliphatic heterocycles. The number of aromatic nitrogens is 1. The second-order valence-electron chi connectivity index (χ2n) is 4.07. The number of hydrogen-bond donors (Lipinski definition) is 1. The molecule has 0 atom stereocenters. The SMILES string of the molecule is O=S(=O)(c1ccc2nc(Cl)sc2c1)N1CC(O)C1. The van der Waals surface area contributed by atoms with Crippen molar-refractivity contribution >= 4 is 43.2 Å². The summed E-state index contributed by atoms with van der Waals surface area (Å²) in [5.74, 6) is 0. The number of aliphatic hydroxyl groups excluding tert-OH is 1. The number of β-amino-alcohol motifs (C(OH)–C–C–N with tert-alkyl or cyclic N) is 1. The van der Waals surface area contributed by atoms with Crippen molar-refractivity contribution in [3.63, 3.8) is 0 Å². The summed E-state index contributed by atoms with van der Waals surface area (Å²) in [6.45, 7) is 0.313. The van der Waals surface area contributed by atoms with E-state index < -0.39 is 16.1 Å². The molecule has 0 amide bonds. The first-order valence-corrected chi connectivity index (χ1v) is 7.84. The lowest BCUT2D eigenvalue weighted by atomic mass is 10.2. The molecule has 5 nitrogen and oxygen atoms in total. The first-order chi connectivity index (χ1) is 8.46. The van der Waals surface area contributed by atoms with Gasteiger partial charge in [0.2, 0.25) is 10.0 Å². The van der Waals surface area contributed by atoms with E-state index in [1.54, 1.807) is 12.1 Å². The van der Waals surface area contributed by atoms with E-state index >= 15 is 0 Å². The molecule has 18 heavy (non-hydrogen) atoms. The molecule has 0 unspecified atom stereocenters. The molecule has 3 rings (SSSR count). The zero-order chi connectivity index (χ0) is 12.9. The third-order valence-electron chi connectivity index (χ3n) is 2.80. The summed E-state index contributed by atoms with van der Waals surface area (Å²) in [7, 11) is -3.51. The topological polar surface area (TPSA) is 70.5 Å². The molecule has 1 aromatic heterocycles. The standard InChI is InChI=1S/C10H9ClN2O3S2/c11-10-12-8-2-1-7(3-9(8)17-10)18(15,16)13-4-6(14)5-13/h1-3,6,14H,4-5H2. The van der Waals surface area contributed by atoms with Crippen molar-refractivity contribution in [2.75, 3.05) is 13.1 Å². The molecule has 1 aromatic carbocycles. The highest BCUT2D eigenvalue weighted by molar-refractivity contribution is 7.89. The third-order valence-corrected chi connectivity index (χ3v) is 5.75. The van der Waals surface area contributed by atoms with E-state index in [0.717, 1.165) is 4.70 Å². The monoisotopic (exact) mass is 304 g/mol. The minimum atomic E-state index is -3.51. The largest absolute Gasteiger partial charge is 0.390 e. The maximum atomic E-state index is 12.2. The lowest BCUT2D eigenvalue weighted by Gasteiger charge is -2.34. The van der Waals surface area contributed by atoms with Crippen LogP contribution >= 0.6 is 22.9 Å². The van der Waals surface area contributed by atoms with Crippen LogP contribution in [-0.2, 0) is 10.0 Å². The van der Waals surface area contributed by atoms with Crippen LogP contribution in [-0.4, -0.2) is 42.0 Å². The molecule has 1 N–H and O–H groups in total. The molecule has 0 bridgehead atoms. The summed E-state index contributed by atoms with van der Waals surface area (Å²) in [6.07, 6.45) is -0.554. The van der Waals surface area contributed by atoms with E-state index in [1.165, 1.54) is 21.7 Å². The van der Waals surface area contributed by atoms with Gasteiger partial charge in [-0.15, -0.1) is 11.3 Å². The van der Waals surface area contributed by atoms with E-state index in [0.29, 0.717) is 9.98 Å². The molecule has 1 saturated heterocycles. The van der Waals surface area contributed by atoms with Crippen molar-refractivity contribution in [1.29, 1.82) is 0 Å². The van der Waals surface area contributed by atoms with Gasteiger partial charge in [0.1, 0.15) is 0 Å². The van der Waals surface area contributed by atoms with Crippen LogP contribution in [0.4, 0.5) is 0 Å². The van der Waals surface area contributed by atoms with Crippen molar-refractivity contribution in [2.24, 2.45) is 0 Å². The molecular weight excluding hydrogens is 296 g/mol. The maximum Gasteiger partial charge on any atom is 0.243 e.